The van der Waals surface area contributed by atoms with Crippen LogP contribution in [0, 0.1) is 127 Å². The molecule has 10 nitrogen and oxygen atoms in total. The molecule has 94 valence electrons. The molecule has 0 aromatic carbocycles. The molecule has 0 aliphatic heterocycles. The van der Waals surface area contributed by atoms with Crippen LogP contribution in [0.1, 0.15) is 0 Å². The molecular weight excluding hydrogens is 752 g/mol. The van der Waals surface area contributed by atoms with Crippen molar-refractivity contribution in [3.8, 4) is 0 Å². The van der Waals surface area contributed by atoms with Crippen molar-refractivity contribution in [1.82, 2.24) is 0 Å². The van der Waals surface area contributed by atoms with E-state index in [0.717, 1.165) is 0 Å². The van der Waals surface area contributed by atoms with Gasteiger partial charge in [0.2, 0.25) is 0 Å². The molecule has 0 radical (unpaired) electrons. The third-order valence-electron chi connectivity index (χ3n) is 0. The Morgan fingerprint density at radius 1 is 0.421 bits per heavy atom. The summed E-state index contributed by atoms with van der Waals surface area (Å²) in [6.07, 6.45) is 0. The van der Waals surface area contributed by atoms with Crippen LogP contribution in [0.5, 0.6) is 0 Å². The average molecular weight is 752 g/mol. The molecular formula is C6FeN6O4U2. The van der Waals surface area contributed by atoms with Crippen LogP contribution in [0.15, 0.2) is 0 Å². The van der Waals surface area contributed by atoms with Gasteiger partial charge in [-0.15, -0.1) is 0 Å². The Labute approximate surface area is 151 Å². The molecule has 0 rings (SSSR count). The van der Waals surface area contributed by atoms with Crippen molar-refractivity contribution in [3.05, 3.63) is 39.4 Å². The second-order valence-electron chi connectivity index (χ2n) is 0.167. The molecule has 0 aliphatic rings. The fraction of sp³-hybridized carbons (Fsp3) is 0. The molecule has 0 unspecified atom stereocenters. The normalized spacial score (nSPS) is 1.47. The summed E-state index contributed by atoms with van der Waals surface area (Å²) in [5.41, 5.74) is 0. The third-order valence-corrected chi connectivity index (χ3v) is 0. The Morgan fingerprint density at radius 2 is 0.421 bits per heavy atom. The van der Waals surface area contributed by atoms with Crippen molar-refractivity contribution < 1.29 is 81.6 Å². The summed E-state index contributed by atoms with van der Waals surface area (Å²) >= 11 is -5.01. The van der Waals surface area contributed by atoms with E-state index in [1.807, 2.05) is 0 Å². The first-order valence-corrected chi connectivity index (χ1v) is 8.96. The zero-order chi connectivity index (χ0) is 17.4. The van der Waals surface area contributed by atoms with Crippen molar-refractivity contribution in [2.45, 2.75) is 0 Å². The minimum atomic E-state index is -2.51. The van der Waals surface area contributed by atoms with E-state index in [-0.39, 0.29) is 17.1 Å². The monoisotopic (exact) mass is 752 g/mol. The summed E-state index contributed by atoms with van der Waals surface area (Å²) in [6, 6.07) is 0. The van der Waals surface area contributed by atoms with Gasteiger partial charge in [-0.3, -0.25) is 0 Å². The molecule has 0 atom stereocenters. The van der Waals surface area contributed by atoms with E-state index in [9.17, 15) is 0 Å². The molecule has 0 amide bonds. The van der Waals surface area contributed by atoms with Crippen LogP contribution in [0.2, 0.25) is 0 Å². The third kappa shape index (κ3) is 2390. The first-order chi connectivity index (χ1) is 8.83. The van der Waals surface area contributed by atoms with Crippen LogP contribution in [0.4, 0.5) is 0 Å². The summed E-state index contributed by atoms with van der Waals surface area (Å²) in [5, 5.41) is 37.5. The molecule has 0 spiro atoms. The fourth-order valence-electron chi connectivity index (χ4n) is 0. The van der Waals surface area contributed by atoms with E-state index in [1.165, 1.54) is 0 Å². The van der Waals surface area contributed by atoms with Crippen molar-refractivity contribution in [1.29, 1.82) is 31.6 Å². The molecule has 0 fully saturated rings. The number of nitrogens with zero attached hydrogens (tertiary/aromatic N) is 6. The van der Waals surface area contributed by atoms with Gasteiger partial charge in [0.15, 0.2) is 0 Å². The first kappa shape index (κ1) is 65.0. The Hall–Kier alpha value is -1.24. The molecule has 0 aromatic rings. The Balaban J connectivity index is -0.00000000861. The van der Waals surface area contributed by atoms with E-state index >= 15 is 0 Å². The van der Waals surface area contributed by atoms with E-state index in [0.29, 0.717) is 0 Å². The molecule has 0 aromatic heterocycles. The molecule has 0 aliphatic carbocycles. The molecule has 0 N–H and O–H groups in total. The molecule has 0 saturated heterocycles. The molecule has 0 heterocycles. The van der Waals surface area contributed by atoms with Gasteiger partial charge < -0.3 is 71.0 Å². The van der Waals surface area contributed by atoms with Gasteiger partial charge in [-0.25, -0.2) is 0 Å². The second-order valence-corrected chi connectivity index (χ2v) is 1.55. The summed E-state index contributed by atoms with van der Waals surface area (Å²) in [4.78, 5) is 0. The van der Waals surface area contributed by atoms with E-state index in [1.54, 1.807) is 0 Å². The summed E-state index contributed by atoms with van der Waals surface area (Å²) in [5.74, 6) is 0. The predicted molar refractivity (Wildman–Crippen MR) is 32.6 cm³/mol. The van der Waals surface area contributed by atoms with Crippen LogP contribution in [0.3, 0.4) is 0 Å². The predicted octanol–water partition coefficient (Wildman–Crippen LogP) is 0.101. The number of hydrogen-bond acceptors (Lipinski definition) is 10. The van der Waals surface area contributed by atoms with Gasteiger partial charge in [-0.1, -0.05) is 0 Å². The summed E-state index contributed by atoms with van der Waals surface area (Å²) < 4.78 is 34.3. The molecule has 0 saturated carbocycles. The van der Waals surface area contributed by atoms with E-state index in [2.05, 4.69) is 0 Å². The van der Waals surface area contributed by atoms with Gasteiger partial charge in [0.25, 0.3) is 0 Å². The van der Waals surface area contributed by atoms with Crippen molar-refractivity contribution >= 4 is 0 Å². The summed E-state index contributed by atoms with van der Waals surface area (Å²) in [6.45, 7) is 28.5. The van der Waals surface area contributed by atoms with E-state index in [4.69, 9.17) is 79.9 Å². The van der Waals surface area contributed by atoms with Crippen molar-refractivity contribution in [3.63, 3.8) is 0 Å². The number of rotatable bonds is 0. The van der Waals surface area contributed by atoms with Gasteiger partial charge in [0, 0.05) is 0 Å². The first-order valence-electron chi connectivity index (χ1n) is 2.16. The van der Waals surface area contributed by atoms with Crippen molar-refractivity contribution in [2.75, 3.05) is 0 Å². The maximum absolute atomic E-state index is 8.58. The average Bonchev–Trinajstić information content (AvgIpc) is 2.52. The van der Waals surface area contributed by atoms with Gasteiger partial charge in [0.1, 0.15) is 0 Å². The van der Waals surface area contributed by atoms with Crippen LogP contribution in [0.25, 0.3) is 0 Å². The number of hydrogen-bond donors (Lipinski definition) is 0. The van der Waals surface area contributed by atoms with Crippen LogP contribution in [-0.4, -0.2) is 0 Å². The van der Waals surface area contributed by atoms with Gasteiger partial charge in [-0.05, 0) is 0 Å². The van der Waals surface area contributed by atoms with Crippen LogP contribution >= 0.6 is 0 Å². The molecule has 0 bridgehead atoms. The zero-order valence-corrected chi connectivity index (χ0v) is 18.1. The topological polar surface area (TPSA) is 211 Å². The quantitative estimate of drug-likeness (QED) is 0.241. The van der Waals surface area contributed by atoms with Crippen molar-refractivity contribution in [2.24, 2.45) is 0 Å². The Kier molecular flexibility index (Phi) is 24500. The minimum absolute atomic E-state index is 0. The second kappa shape index (κ2) is 7150. The van der Waals surface area contributed by atoms with Gasteiger partial charge in [-0.2, -0.15) is 0 Å². The van der Waals surface area contributed by atoms with Gasteiger partial charge in [0.05, 0.1) is 0 Å². The molecule has 19 heavy (non-hydrogen) atoms. The Bertz CT molecular complexity index is 227. The molecule has 13 heteroatoms. The van der Waals surface area contributed by atoms with Crippen LogP contribution < -0.4 is 0 Å². The maximum atomic E-state index is 8.58. The van der Waals surface area contributed by atoms with Crippen LogP contribution in [-0.2, 0) is 26.0 Å². The fourth-order valence-corrected chi connectivity index (χ4v) is 0. The zero-order valence-electron chi connectivity index (χ0n) is 8.67. The van der Waals surface area contributed by atoms with Gasteiger partial charge >= 0.3 is 81.6 Å². The Morgan fingerprint density at radius 3 is 0.421 bits per heavy atom. The summed E-state index contributed by atoms with van der Waals surface area (Å²) in [7, 11) is 0. The SMILES string of the molecule is [C-]#N.[C-]#N.[C-]#N.[C-]#N.[C-]#N.[C-]#N.[Fe+2].[O]=[U+2]=[O].[O]=[U+2]=[O]. The standard InChI is InChI=1S/6CN.Fe.4O.2U/c6*1-2;;;;;;;/q6*-1;+2;;;;;2*+2. The van der Waals surface area contributed by atoms with E-state index < -0.39 is 55.6 Å².